The maximum absolute atomic E-state index is 13.5. The zero-order valence-electron chi connectivity index (χ0n) is 16.1. The molecule has 5 rings (SSSR count). The van der Waals surface area contributed by atoms with Gasteiger partial charge >= 0.3 is 0 Å². The van der Waals surface area contributed by atoms with E-state index in [1.165, 1.54) is 0 Å². The summed E-state index contributed by atoms with van der Waals surface area (Å²) in [6.07, 6.45) is 3.42. The Hall–Kier alpha value is -3.64. The van der Waals surface area contributed by atoms with Crippen LogP contribution in [0.25, 0.3) is 11.3 Å². The number of carbonyl (C=O) groups excluding carboxylic acids is 1. The first-order valence-electron chi connectivity index (χ1n) is 9.43. The molecule has 0 saturated heterocycles. The molecule has 6 nitrogen and oxygen atoms in total. The Labute approximate surface area is 178 Å². The number of ketones is 1. The Bertz CT molecular complexity index is 1280. The quantitative estimate of drug-likeness (QED) is 0.471. The number of pyridine rings is 1. The van der Waals surface area contributed by atoms with E-state index in [2.05, 4.69) is 15.4 Å². The Kier molecular flexibility index (Phi) is 4.48. The molecule has 1 N–H and O–H groups in total. The standard InChI is InChI=1S/C23H17ClN4O2/c1-28-12-10-18(27-28)15-5-4-6-16(21(15)24)22(29)14-9-11-25-23-17(14)13-26-19-7-2-3-8-20(19)30-23/h2-12,26H,13H2,1H3. The summed E-state index contributed by atoms with van der Waals surface area (Å²) < 4.78 is 7.68. The first-order valence-corrected chi connectivity index (χ1v) is 9.81. The third-order valence-electron chi connectivity index (χ3n) is 5.04. The van der Waals surface area contributed by atoms with Gasteiger partial charge in [-0.05, 0) is 30.3 Å². The van der Waals surface area contributed by atoms with E-state index in [1.807, 2.05) is 55.7 Å². The van der Waals surface area contributed by atoms with Crippen molar-refractivity contribution in [2.24, 2.45) is 7.05 Å². The maximum atomic E-state index is 13.5. The smallest absolute Gasteiger partial charge is 0.225 e. The topological polar surface area (TPSA) is 69.0 Å². The third-order valence-corrected chi connectivity index (χ3v) is 5.45. The van der Waals surface area contributed by atoms with Crippen molar-refractivity contribution >= 4 is 23.1 Å². The number of rotatable bonds is 3. The second kappa shape index (κ2) is 7.31. The number of halogens is 1. The van der Waals surface area contributed by atoms with E-state index in [0.717, 1.165) is 5.69 Å². The second-order valence-electron chi connectivity index (χ2n) is 6.96. The van der Waals surface area contributed by atoms with Gasteiger partial charge in [-0.25, -0.2) is 4.98 Å². The second-order valence-corrected chi connectivity index (χ2v) is 7.34. The molecule has 7 heteroatoms. The highest BCUT2D eigenvalue weighted by molar-refractivity contribution is 6.37. The fourth-order valence-corrected chi connectivity index (χ4v) is 3.85. The number of ether oxygens (including phenoxy) is 1. The lowest BCUT2D eigenvalue weighted by Crippen LogP contribution is -2.10. The predicted molar refractivity (Wildman–Crippen MR) is 115 cm³/mol. The van der Waals surface area contributed by atoms with Gasteiger partial charge in [0.2, 0.25) is 5.88 Å². The van der Waals surface area contributed by atoms with Crippen LogP contribution in [0.1, 0.15) is 21.5 Å². The summed E-state index contributed by atoms with van der Waals surface area (Å²) >= 11 is 6.65. The van der Waals surface area contributed by atoms with Crippen molar-refractivity contribution in [3.63, 3.8) is 0 Å². The summed E-state index contributed by atoms with van der Waals surface area (Å²) in [5.74, 6) is 0.895. The fraction of sp³-hybridized carbons (Fsp3) is 0.0870. The van der Waals surface area contributed by atoms with Gasteiger partial charge in [-0.2, -0.15) is 5.10 Å². The molecule has 0 unspecified atom stereocenters. The fourth-order valence-electron chi connectivity index (χ4n) is 3.54. The molecule has 2 aromatic carbocycles. The summed E-state index contributed by atoms with van der Waals surface area (Å²) in [4.78, 5) is 17.8. The van der Waals surface area contributed by atoms with Crippen molar-refractivity contribution in [2.75, 3.05) is 5.32 Å². The van der Waals surface area contributed by atoms with Crippen LogP contribution in [-0.4, -0.2) is 20.5 Å². The van der Waals surface area contributed by atoms with Crippen LogP contribution in [0.3, 0.4) is 0 Å². The van der Waals surface area contributed by atoms with Gasteiger partial charge in [-0.3, -0.25) is 9.48 Å². The minimum absolute atomic E-state index is 0.187. The van der Waals surface area contributed by atoms with E-state index in [-0.39, 0.29) is 5.78 Å². The number of aromatic nitrogens is 3. The molecule has 0 fully saturated rings. The van der Waals surface area contributed by atoms with Crippen molar-refractivity contribution in [3.05, 3.63) is 88.7 Å². The summed E-state index contributed by atoms with van der Waals surface area (Å²) in [5, 5.41) is 8.09. The molecule has 0 spiro atoms. The van der Waals surface area contributed by atoms with Crippen molar-refractivity contribution in [1.82, 2.24) is 14.8 Å². The number of para-hydroxylation sites is 2. The van der Waals surface area contributed by atoms with E-state index < -0.39 is 0 Å². The minimum Gasteiger partial charge on any atom is -0.436 e. The van der Waals surface area contributed by atoms with Crippen LogP contribution in [0.15, 0.2) is 67.0 Å². The van der Waals surface area contributed by atoms with Crippen LogP contribution in [0.5, 0.6) is 11.6 Å². The number of hydrogen-bond donors (Lipinski definition) is 1. The highest BCUT2D eigenvalue weighted by atomic mass is 35.5. The van der Waals surface area contributed by atoms with Gasteiger partial charge in [0.15, 0.2) is 11.5 Å². The highest BCUT2D eigenvalue weighted by Crippen LogP contribution is 2.37. The molecule has 2 aromatic heterocycles. The molecule has 3 heterocycles. The lowest BCUT2D eigenvalue weighted by atomic mass is 9.97. The average Bonchev–Trinajstić information content (AvgIpc) is 3.09. The summed E-state index contributed by atoms with van der Waals surface area (Å²) in [5.41, 5.74) is 3.88. The van der Waals surface area contributed by atoms with Gasteiger partial charge in [0.05, 0.1) is 16.4 Å². The molecular weight excluding hydrogens is 400 g/mol. The molecule has 4 aromatic rings. The number of benzene rings is 2. The Morgan fingerprint density at radius 1 is 1.10 bits per heavy atom. The monoisotopic (exact) mass is 416 g/mol. The normalized spacial score (nSPS) is 12.2. The average molecular weight is 417 g/mol. The number of carbonyl (C=O) groups is 1. The van der Waals surface area contributed by atoms with Gasteiger partial charge in [-0.15, -0.1) is 0 Å². The van der Waals surface area contributed by atoms with Crippen LogP contribution >= 0.6 is 11.6 Å². The lowest BCUT2D eigenvalue weighted by molar-refractivity contribution is 0.103. The van der Waals surface area contributed by atoms with Crippen molar-refractivity contribution in [3.8, 4) is 22.9 Å². The van der Waals surface area contributed by atoms with Crippen molar-refractivity contribution < 1.29 is 9.53 Å². The first kappa shape index (κ1) is 18.4. The summed E-state index contributed by atoms with van der Waals surface area (Å²) in [6, 6.07) is 16.6. The predicted octanol–water partition coefficient (Wildman–Crippen LogP) is 5.08. The van der Waals surface area contributed by atoms with Gasteiger partial charge in [-0.1, -0.05) is 35.9 Å². The Morgan fingerprint density at radius 3 is 2.80 bits per heavy atom. The molecule has 1 aliphatic rings. The molecular formula is C23H17ClN4O2. The van der Waals surface area contributed by atoms with E-state index in [9.17, 15) is 4.79 Å². The molecule has 0 atom stereocenters. The van der Waals surface area contributed by atoms with Crippen molar-refractivity contribution in [1.29, 1.82) is 0 Å². The van der Waals surface area contributed by atoms with Crippen molar-refractivity contribution in [2.45, 2.75) is 6.54 Å². The van der Waals surface area contributed by atoms with Crippen LogP contribution in [-0.2, 0) is 13.6 Å². The molecule has 0 radical (unpaired) electrons. The molecule has 0 bridgehead atoms. The first-order chi connectivity index (χ1) is 14.6. The number of aryl methyl sites for hydroxylation is 1. The zero-order valence-corrected chi connectivity index (χ0v) is 16.8. The van der Waals surface area contributed by atoms with Crippen LogP contribution in [0.2, 0.25) is 5.02 Å². The number of fused-ring (bicyclic) bond motifs is 2. The zero-order chi connectivity index (χ0) is 20.7. The van der Waals surface area contributed by atoms with E-state index in [4.69, 9.17) is 16.3 Å². The lowest BCUT2D eigenvalue weighted by Gasteiger charge is -2.12. The summed E-state index contributed by atoms with van der Waals surface area (Å²) in [6.45, 7) is 0.415. The Balaban J connectivity index is 1.57. The van der Waals surface area contributed by atoms with Gasteiger partial charge < -0.3 is 10.1 Å². The van der Waals surface area contributed by atoms with Crippen LogP contribution < -0.4 is 10.1 Å². The van der Waals surface area contributed by atoms with Crippen LogP contribution in [0.4, 0.5) is 5.69 Å². The number of hydrogen-bond acceptors (Lipinski definition) is 5. The number of nitrogens with zero attached hydrogens (tertiary/aromatic N) is 3. The third kappa shape index (κ3) is 3.11. The summed E-state index contributed by atoms with van der Waals surface area (Å²) in [7, 11) is 1.84. The molecule has 148 valence electrons. The molecule has 0 aliphatic carbocycles. The van der Waals surface area contributed by atoms with E-state index in [1.54, 1.807) is 23.0 Å². The number of anilines is 1. The molecule has 0 saturated carbocycles. The number of nitrogens with one attached hydrogen (secondary N) is 1. The van der Waals surface area contributed by atoms with Gasteiger partial charge in [0.1, 0.15) is 0 Å². The van der Waals surface area contributed by atoms with Crippen LogP contribution in [0, 0.1) is 0 Å². The maximum Gasteiger partial charge on any atom is 0.225 e. The minimum atomic E-state index is -0.187. The van der Waals surface area contributed by atoms with E-state index >= 15 is 0 Å². The molecule has 0 amide bonds. The molecule has 1 aliphatic heterocycles. The molecule has 30 heavy (non-hydrogen) atoms. The largest absolute Gasteiger partial charge is 0.436 e. The Morgan fingerprint density at radius 2 is 1.97 bits per heavy atom. The SMILES string of the molecule is Cn1ccc(-c2cccc(C(=O)c3ccnc4c3CNc3ccccc3O4)c2Cl)n1. The highest BCUT2D eigenvalue weighted by Gasteiger charge is 2.24. The van der Waals surface area contributed by atoms with Gasteiger partial charge in [0.25, 0.3) is 0 Å². The van der Waals surface area contributed by atoms with Gasteiger partial charge in [0, 0.05) is 48.2 Å². The van der Waals surface area contributed by atoms with E-state index in [0.29, 0.717) is 51.1 Å².